The van der Waals surface area contributed by atoms with Crippen LogP contribution in [0.5, 0.6) is 0 Å². The molecule has 0 amide bonds. The van der Waals surface area contributed by atoms with E-state index in [4.69, 9.17) is 19.8 Å². The van der Waals surface area contributed by atoms with E-state index in [2.05, 4.69) is 51.2 Å². The zero-order valence-corrected chi connectivity index (χ0v) is 36.4. The number of rotatable bonds is 17. The molecule has 1 aliphatic heterocycles. The van der Waals surface area contributed by atoms with E-state index in [0.717, 1.165) is 64.5 Å². The number of ether oxygens (including phenoxy) is 2. The molecule has 56 heavy (non-hydrogen) atoms. The number of allylic oxidation sites excluding steroid dienone is 2. The molecule has 0 spiro atoms. The molecule has 0 N–H and O–H groups in total. The maximum absolute atomic E-state index is 14.2. The van der Waals surface area contributed by atoms with Gasteiger partial charge in [-0.05, 0) is 82.8 Å². The van der Waals surface area contributed by atoms with Crippen molar-refractivity contribution in [2.45, 2.75) is 113 Å². The molecular weight excluding hydrogens is 713 g/mol. The number of hydrogen-bond acceptors (Lipinski definition) is 5. The van der Waals surface area contributed by atoms with E-state index >= 15 is 0 Å². The van der Waals surface area contributed by atoms with Gasteiger partial charge in [0.2, 0.25) is 0 Å². The van der Waals surface area contributed by atoms with Crippen molar-refractivity contribution in [2.75, 3.05) is 13.7 Å². The first-order valence-corrected chi connectivity index (χ1v) is 20.0. The number of Topliss-reactive ketones (excluding diaryl/α,β-unsaturated/α-hetero) is 1. The molecular formula is C46H58MgN4O5-2. The van der Waals surface area contributed by atoms with E-state index in [9.17, 15) is 14.4 Å². The fourth-order valence-electron chi connectivity index (χ4n) is 8.36. The number of aryl methyl sites for hydroxylation is 1. The molecule has 0 aromatic carbocycles. The second-order valence-corrected chi connectivity index (χ2v) is 15.5. The summed E-state index contributed by atoms with van der Waals surface area (Å²) in [6.07, 6.45) is 18.5. The van der Waals surface area contributed by atoms with Crippen molar-refractivity contribution < 1.29 is 23.9 Å². The summed E-state index contributed by atoms with van der Waals surface area (Å²) in [5.41, 5.74) is 9.41. The van der Waals surface area contributed by atoms with E-state index in [0.29, 0.717) is 33.8 Å². The van der Waals surface area contributed by atoms with Crippen LogP contribution in [-0.4, -0.2) is 60.5 Å². The maximum Gasteiger partial charge on any atom is 2.00 e. The third-order valence-electron chi connectivity index (χ3n) is 11.8. The summed E-state index contributed by atoms with van der Waals surface area (Å²) in [5.74, 6) is -2.10. The molecule has 296 valence electrons. The van der Waals surface area contributed by atoms with Gasteiger partial charge in [0, 0.05) is 12.0 Å². The largest absolute Gasteiger partial charge is 2.00 e. The van der Waals surface area contributed by atoms with Gasteiger partial charge in [0.15, 0.2) is 5.78 Å². The zero-order chi connectivity index (χ0) is 40.0. The van der Waals surface area contributed by atoms with Crippen molar-refractivity contribution in [1.82, 2.24) is 15.0 Å². The standard InChI is InChI=1S/C46H59N4O5.Mg/c1-11-15-26(4)16-14-17-27(5)20-21-55-39(51)19-18-34-30(8)36(22-35-29(7)32(12-2)25-48-35)49-43(34)41-42(46(53)54-10)45(52)40-31(9)37(50-44(40)41)23-38-33(13-3)28(6)24-47-38;/h12,20,22-26,30,34,42-43H,2,11,13-19,21H2,1,3-10H3,(H,47,52);/q-3;+2/p-1/b27-20+,36-22-;/t26-,30+,34+,42-,43?;/m1./s1. The number of carbonyl (C=O) groups is 3. The van der Waals surface area contributed by atoms with Crippen LogP contribution < -0.4 is 25.7 Å². The van der Waals surface area contributed by atoms with Gasteiger partial charge in [0.25, 0.3) is 0 Å². The number of hydrogen-bond donors (Lipinski definition) is 0. The molecule has 0 bridgehead atoms. The Morgan fingerprint density at radius 3 is 2.41 bits per heavy atom. The molecule has 5 rings (SSSR count). The predicted molar refractivity (Wildman–Crippen MR) is 224 cm³/mol. The average molecular weight is 771 g/mol. The quantitative estimate of drug-likeness (QED) is 0.0611. The topological polar surface area (TPSA) is 126 Å². The minimum absolute atomic E-state index is 0. The first-order chi connectivity index (χ1) is 26.3. The van der Waals surface area contributed by atoms with Crippen LogP contribution in [0.1, 0.15) is 129 Å². The molecule has 10 heteroatoms. The number of carbonyl (C=O) groups excluding carboxylic acids is 3. The minimum Gasteiger partial charge on any atom is -0.681 e. The molecule has 9 nitrogen and oxygen atoms in total. The Morgan fingerprint density at radius 1 is 1.02 bits per heavy atom. The SMILES string of the molecule is C=Cc1c[n-]c(/C=C2\[N-]C(C3=c4[n-]/c(=C\c5[n-]cc(C)c5CC)c(C)c4C(=O)[C@@H]3C(=O)OC)[C@@H](CCC(=O)OC/C=C(\C)CCC[C@H](C)CCC)[C@@H]2C)c1C.[Mg+2]. The summed E-state index contributed by atoms with van der Waals surface area (Å²) < 4.78 is 10.9. The Kier molecular flexibility index (Phi) is 15.9. The number of methoxy groups -OCH3 is 1. The van der Waals surface area contributed by atoms with Crippen molar-refractivity contribution in [3.05, 3.63) is 97.1 Å². The van der Waals surface area contributed by atoms with Gasteiger partial charge in [0.1, 0.15) is 12.5 Å². The summed E-state index contributed by atoms with van der Waals surface area (Å²) in [5, 5.41) is 6.36. The molecule has 2 aliphatic rings. The van der Waals surface area contributed by atoms with Crippen LogP contribution in [0.2, 0.25) is 0 Å². The monoisotopic (exact) mass is 770 g/mol. The Balaban J connectivity index is 0.00000696. The van der Waals surface area contributed by atoms with Crippen LogP contribution >= 0.6 is 0 Å². The molecule has 3 aromatic rings. The number of fused-ring (bicyclic) bond motifs is 1. The Hall–Kier alpha value is -4.02. The summed E-state index contributed by atoms with van der Waals surface area (Å²) in [6.45, 7) is 20.8. The van der Waals surface area contributed by atoms with Crippen molar-refractivity contribution in [2.24, 2.45) is 23.7 Å². The molecule has 0 saturated carbocycles. The van der Waals surface area contributed by atoms with Crippen molar-refractivity contribution in [3.8, 4) is 0 Å². The van der Waals surface area contributed by atoms with E-state index in [1.807, 2.05) is 45.2 Å². The van der Waals surface area contributed by atoms with Gasteiger partial charge in [-0.25, -0.2) is 0 Å². The van der Waals surface area contributed by atoms with Crippen LogP contribution in [0, 0.1) is 44.4 Å². The Bertz CT molecular complexity index is 2100. The van der Waals surface area contributed by atoms with Gasteiger partial charge in [-0.2, -0.15) is 18.1 Å². The van der Waals surface area contributed by atoms with Gasteiger partial charge in [0.05, 0.1) is 7.11 Å². The number of aromatic nitrogens is 3. The smallest absolute Gasteiger partial charge is 0.681 e. The summed E-state index contributed by atoms with van der Waals surface area (Å²) >= 11 is 0. The number of esters is 2. The molecule has 1 unspecified atom stereocenters. The van der Waals surface area contributed by atoms with E-state index in [-0.39, 0.29) is 59.7 Å². The first kappa shape index (κ1) is 44.7. The van der Waals surface area contributed by atoms with Gasteiger partial charge in [-0.3, -0.25) is 14.4 Å². The average Bonchev–Trinajstić information content (AvgIpc) is 3.93. The van der Waals surface area contributed by atoms with Gasteiger partial charge in [-0.15, -0.1) is 22.1 Å². The van der Waals surface area contributed by atoms with Crippen LogP contribution in [0.3, 0.4) is 0 Å². The number of nitrogens with zero attached hydrogens (tertiary/aromatic N) is 4. The molecule has 3 aromatic heterocycles. The van der Waals surface area contributed by atoms with Crippen molar-refractivity contribution >= 4 is 64.6 Å². The summed E-state index contributed by atoms with van der Waals surface area (Å²) in [6, 6.07) is -0.609. The third-order valence-corrected chi connectivity index (χ3v) is 11.8. The zero-order valence-electron chi connectivity index (χ0n) is 35.0. The van der Waals surface area contributed by atoms with Gasteiger partial charge < -0.3 is 29.7 Å². The van der Waals surface area contributed by atoms with E-state index in [1.165, 1.54) is 31.9 Å². The molecule has 1 saturated heterocycles. The van der Waals surface area contributed by atoms with E-state index in [1.54, 1.807) is 12.3 Å². The van der Waals surface area contributed by atoms with E-state index < -0.39 is 17.9 Å². The predicted octanol–water partition coefficient (Wildman–Crippen LogP) is 7.20. The van der Waals surface area contributed by atoms with Crippen LogP contribution in [-0.2, 0) is 25.5 Å². The Morgan fingerprint density at radius 2 is 1.75 bits per heavy atom. The second-order valence-electron chi connectivity index (χ2n) is 15.5. The molecule has 4 heterocycles. The minimum atomic E-state index is -1.18. The van der Waals surface area contributed by atoms with Crippen LogP contribution in [0.4, 0.5) is 0 Å². The van der Waals surface area contributed by atoms with Crippen LogP contribution in [0.25, 0.3) is 29.1 Å². The second kappa shape index (κ2) is 19.9. The number of ketones is 1. The molecule has 1 aliphatic carbocycles. The van der Waals surface area contributed by atoms with Gasteiger partial charge >= 0.3 is 35.0 Å². The summed E-state index contributed by atoms with van der Waals surface area (Å²) in [4.78, 5) is 55.2. The molecule has 0 radical (unpaired) electrons. The summed E-state index contributed by atoms with van der Waals surface area (Å²) in [7, 11) is 1.29. The normalized spacial score (nSPS) is 20.9. The van der Waals surface area contributed by atoms with Crippen LogP contribution in [0.15, 0.2) is 36.3 Å². The maximum atomic E-state index is 14.2. The van der Waals surface area contributed by atoms with Crippen molar-refractivity contribution in [3.63, 3.8) is 0 Å². The fraction of sp³-hybridized carbons (Fsp3) is 0.500. The van der Waals surface area contributed by atoms with Crippen molar-refractivity contribution in [1.29, 1.82) is 0 Å². The first-order valence-electron chi connectivity index (χ1n) is 20.0. The Labute approximate surface area is 349 Å². The van der Waals surface area contributed by atoms with Gasteiger partial charge in [-0.1, -0.05) is 111 Å². The third kappa shape index (κ3) is 9.56. The molecule has 5 atom stereocenters. The molecule has 1 fully saturated rings. The fourth-order valence-corrected chi connectivity index (χ4v) is 8.36.